The molecule has 6 amide bonds. The van der Waals surface area contributed by atoms with Gasteiger partial charge in [-0.2, -0.15) is 0 Å². The van der Waals surface area contributed by atoms with Crippen LogP contribution in [0.4, 0.5) is 22.5 Å². The SMILES string of the molecule is Cc1nc(Nc2ncc(C(=O)Nc3c(C)cccc3Cl)s2)cc(N2CCN(CCOCCC(=O)N3CCC4(CC3)COc3cc5c(cc3C4)C(=O)N(C3CCC(=O)NC3=O)C5=O)CC2)n1. The Morgan fingerprint density at radius 1 is 0.985 bits per heavy atom. The molecule has 1 atom stereocenters. The first-order valence-corrected chi connectivity index (χ1v) is 23.0. The van der Waals surface area contributed by atoms with Crippen LogP contribution in [0.15, 0.2) is 42.6 Å². The number of benzene rings is 2. The first-order valence-electron chi connectivity index (χ1n) is 21.8. The molecule has 3 fully saturated rings. The highest BCUT2D eigenvalue weighted by Gasteiger charge is 2.47. The number of nitrogens with zero attached hydrogens (tertiary/aromatic N) is 7. The topological polar surface area (TPSA) is 209 Å². The zero-order valence-corrected chi connectivity index (χ0v) is 37.7. The molecule has 0 aliphatic carbocycles. The fourth-order valence-corrected chi connectivity index (χ4v) is 10.1. The van der Waals surface area contributed by atoms with Gasteiger partial charge in [-0.1, -0.05) is 35.1 Å². The first-order chi connectivity index (χ1) is 31.3. The van der Waals surface area contributed by atoms with Crippen molar-refractivity contribution in [1.29, 1.82) is 0 Å². The van der Waals surface area contributed by atoms with Crippen molar-refractivity contribution in [3.8, 4) is 5.75 Å². The van der Waals surface area contributed by atoms with Crippen LogP contribution < -0.4 is 25.6 Å². The summed E-state index contributed by atoms with van der Waals surface area (Å²) in [5.74, 6) is 0.162. The van der Waals surface area contributed by atoms with Gasteiger partial charge in [0.15, 0.2) is 5.13 Å². The molecule has 0 saturated carbocycles. The third-order valence-corrected chi connectivity index (χ3v) is 14.1. The maximum absolute atomic E-state index is 13.4. The Balaban J connectivity index is 0.685. The number of hydrogen-bond acceptors (Lipinski definition) is 15. The van der Waals surface area contributed by atoms with E-state index in [2.05, 4.69) is 40.7 Å². The summed E-state index contributed by atoms with van der Waals surface area (Å²) in [6.45, 7) is 10.1. The molecule has 0 bridgehead atoms. The number of carbonyl (C=O) groups is 6. The van der Waals surface area contributed by atoms with Crippen LogP contribution in [0.2, 0.25) is 5.02 Å². The highest BCUT2D eigenvalue weighted by Crippen LogP contribution is 2.44. The molecular weight excluding hydrogens is 876 g/mol. The molecule has 1 spiro atoms. The number of amides is 6. The molecule has 65 heavy (non-hydrogen) atoms. The van der Waals surface area contributed by atoms with Gasteiger partial charge in [0.1, 0.15) is 34.1 Å². The molecule has 5 aliphatic rings. The predicted octanol–water partition coefficient (Wildman–Crippen LogP) is 4.37. The van der Waals surface area contributed by atoms with E-state index in [1.54, 1.807) is 18.2 Å². The number of imide groups is 2. The lowest BCUT2D eigenvalue weighted by molar-refractivity contribution is -0.137. The van der Waals surface area contributed by atoms with Gasteiger partial charge in [-0.15, -0.1) is 0 Å². The number of anilines is 4. The molecule has 1 unspecified atom stereocenters. The number of aromatic nitrogens is 3. The molecule has 2 aromatic heterocycles. The van der Waals surface area contributed by atoms with Gasteiger partial charge in [0.25, 0.3) is 17.7 Å². The molecule has 3 N–H and O–H groups in total. The number of aryl methyl sites for hydroxylation is 2. The van der Waals surface area contributed by atoms with E-state index in [0.717, 1.165) is 67.4 Å². The lowest BCUT2D eigenvalue weighted by Crippen LogP contribution is -2.54. The summed E-state index contributed by atoms with van der Waals surface area (Å²) in [7, 11) is 0. The first kappa shape index (κ1) is 44.2. The molecule has 4 aromatic rings. The Bertz CT molecular complexity index is 2550. The van der Waals surface area contributed by atoms with Gasteiger partial charge in [-0.25, -0.2) is 15.0 Å². The number of hydrogen-bond donors (Lipinski definition) is 3. The predicted molar refractivity (Wildman–Crippen MR) is 241 cm³/mol. The minimum absolute atomic E-state index is 0.0550. The van der Waals surface area contributed by atoms with E-state index >= 15 is 0 Å². The van der Waals surface area contributed by atoms with Crippen molar-refractivity contribution >= 4 is 80.8 Å². The van der Waals surface area contributed by atoms with Gasteiger partial charge in [0.2, 0.25) is 17.7 Å². The van der Waals surface area contributed by atoms with Crippen LogP contribution in [-0.2, 0) is 25.5 Å². The summed E-state index contributed by atoms with van der Waals surface area (Å²) >= 11 is 7.52. The second-order valence-electron chi connectivity index (χ2n) is 17.2. The zero-order valence-electron chi connectivity index (χ0n) is 36.1. The molecule has 18 nitrogen and oxygen atoms in total. The Morgan fingerprint density at radius 3 is 2.51 bits per heavy atom. The fourth-order valence-electron chi connectivity index (χ4n) is 9.16. The van der Waals surface area contributed by atoms with Crippen LogP contribution in [0.1, 0.15) is 79.4 Å². The molecule has 0 radical (unpaired) electrons. The van der Waals surface area contributed by atoms with E-state index in [9.17, 15) is 28.8 Å². The van der Waals surface area contributed by atoms with Gasteiger partial charge in [0, 0.05) is 63.7 Å². The van der Waals surface area contributed by atoms with Crippen molar-refractivity contribution in [2.45, 2.75) is 58.4 Å². The van der Waals surface area contributed by atoms with Crippen LogP contribution in [0.3, 0.4) is 0 Å². The van der Waals surface area contributed by atoms with Gasteiger partial charge < -0.3 is 29.9 Å². The van der Waals surface area contributed by atoms with E-state index in [1.807, 2.05) is 36.9 Å². The maximum Gasteiger partial charge on any atom is 0.267 e. The second kappa shape index (κ2) is 18.5. The summed E-state index contributed by atoms with van der Waals surface area (Å²) in [4.78, 5) is 98.5. The average molecular weight is 925 g/mol. The molecule has 7 heterocycles. The van der Waals surface area contributed by atoms with Gasteiger partial charge >= 0.3 is 0 Å². The van der Waals surface area contributed by atoms with E-state index in [1.165, 1.54) is 17.5 Å². The van der Waals surface area contributed by atoms with Crippen molar-refractivity contribution in [3.05, 3.63) is 80.6 Å². The molecule has 340 valence electrons. The fraction of sp³-hybridized carbons (Fsp3) is 0.444. The Kier molecular flexibility index (Phi) is 12.6. The summed E-state index contributed by atoms with van der Waals surface area (Å²) in [6, 6.07) is 9.64. The number of ether oxygens (including phenoxy) is 2. The number of carbonyl (C=O) groups excluding carboxylic acids is 6. The summed E-state index contributed by atoms with van der Waals surface area (Å²) in [5, 5.41) is 9.34. The summed E-state index contributed by atoms with van der Waals surface area (Å²) in [5.41, 5.74) is 2.52. The quantitative estimate of drug-likeness (QED) is 0.133. The van der Waals surface area contributed by atoms with E-state index in [0.29, 0.717) is 83.9 Å². The van der Waals surface area contributed by atoms with Crippen LogP contribution >= 0.6 is 22.9 Å². The highest BCUT2D eigenvalue weighted by atomic mass is 35.5. The average Bonchev–Trinajstić information content (AvgIpc) is 3.85. The number of halogens is 1. The van der Waals surface area contributed by atoms with Crippen LogP contribution in [0.25, 0.3) is 0 Å². The number of likely N-dealkylation sites (tertiary alicyclic amines) is 1. The minimum Gasteiger partial charge on any atom is -0.493 e. The lowest BCUT2D eigenvalue weighted by Gasteiger charge is -2.44. The van der Waals surface area contributed by atoms with Crippen LogP contribution in [0, 0.1) is 19.3 Å². The lowest BCUT2D eigenvalue weighted by atomic mass is 9.72. The third kappa shape index (κ3) is 9.41. The molecular formula is C45H49ClN10O8S. The van der Waals surface area contributed by atoms with Crippen molar-refractivity contribution in [2.24, 2.45) is 5.41 Å². The summed E-state index contributed by atoms with van der Waals surface area (Å²) < 4.78 is 12.1. The standard InChI is InChI=1S/C45H49ClN10O8S/c1-26-4-3-5-31(46)39(26)52-41(60)34-24-47-44(65-34)50-35-22-36(49-27(2)48-35)54-15-13-53(14-16-54)17-19-63-18-8-38(58)55-11-9-45(10-12-55)23-28-20-29-30(21-33(28)64-25-45)43(62)56(42(29)61)32-6-7-37(57)51-40(32)59/h3-5,20-22,24,32H,6-19,23,25H2,1-2H3,(H,52,60)(H,51,57,59)(H,47,48,49,50). The number of thiazole rings is 1. The van der Waals surface area contributed by atoms with Gasteiger partial charge in [-0.05, 0) is 68.9 Å². The molecule has 9 rings (SSSR count). The summed E-state index contributed by atoms with van der Waals surface area (Å²) in [6.07, 6.45) is 4.10. The largest absolute Gasteiger partial charge is 0.493 e. The number of nitrogens with one attached hydrogen (secondary N) is 3. The smallest absolute Gasteiger partial charge is 0.267 e. The number of para-hydroxylation sites is 1. The Labute approximate surface area is 384 Å². The second-order valence-corrected chi connectivity index (χ2v) is 18.6. The van der Waals surface area contributed by atoms with Crippen molar-refractivity contribution in [1.82, 2.24) is 35.0 Å². The minimum atomic E-state index is -1.03. The number of fused-ring (bicyclic) bond motifs is 2. The van der Waals surface area contributed by atoms with E-state index in [-0.39, 0.29) is 41.2 Å². The Morgan fingerprint density at radius 2 is 1.75 bits per heavy atom. The van der Waals surface area contributed by atoms with Crippen molar-refractivity contribution in [3.63, 3.8) is 0 Å². The number of piperazine rings is 1. The molecule has 20 heteroatoms. The van der Waals surface area contributed by atoms with Gasteiger partial charge in [-0.3, -0.25) is 43.9 Å². The zero-order chi connectivity index (χ0) is 45.4. The van der Waals surface area contributed by atoms with E-state index in [4.69, 9.17) is 21.1 Å². The number of rotatable bonds is 12. The molecule has 2 aromatic carbocycles. The van der Waals surface area contributed by atoms with Crippen LogP contribution in [0.5, 0.6) is 5.75 Å². The highest BCUT2D eigenvalue weighted by molar-refractivity contribution is 7.17. The van der Waals surface area contributed by atoms with Crippen LogP contribution in [-0.4, -0.2) is 137 Å². The molecule has 5 aliphatic heterocycles. The third-order valence-electron chi connectivity index (χ3n) is 12.9. The monoisotopic (exact) mass is 924 g/mol. The number of piperidine rings is 2. The normalized spacial score (nSPS) is 19.5. The van der Waals surface area contributed by atoms with Crippen molar-refractivity contribution in [2.75, 3.05) is 81.2 Å². The maximum atomic E-state index is 13.4. The van der Waals surface area contributed by atoms with Crippen molar-refractivity contribution < 1.29 is 38.2 Å². The Hall–Kier alpha value is -6.02. The van der Waals surface area contributed by atoms with E-state index < -0.39 is 29.7 Å². The molecule has 3 saturated heterocycles. The van der Waals surface area contributed by atoms with Gasteiger partial charge in [0.05, 0.1) is 54.3 Å².